The number of benzene rings is 1. The molecule has 1 heterocycles. The lowest BCUT2D eigenvalue weighted by Gasteiger charge is -2.26. The zero-order chi connectivity index (χ0) is 14.7. The number of aromatic nitrogens is 2. The van der Waals surface area contributed by atoms with Gasteiger partial charge in [0, 0.05) is 7.11 Å². The molecule has 1 unspecified atom stereocenters. The molecule has 0 amide bonds. The molecular formula is C16H20N2O3. The fourth-order valence-corrected chi connectivity index (χ4v) is 3.06. The molecule has 1 N–H and O–H groups in total. The van der Waals surface area contributed by atoms with Crippen LogP contribution in [0, 0.1) is 5.92 Å². The maximum atomic E-state index is 9.86. The highest BCUT2D eigenvalue weighted by atomic mass is 16.5. The zero-order valence-corrected chi connectivity index (χ0v) is 12.2. The predicted octanol–water partition coefficient (Wildman–Crippen LogP) is 3.71. The molecule has 1 aromatic heterocycles. The van der Waals surface area contributed by atoms with Crippen molar-refractivity contribution in [3.05, 3.63) is 30.1 Å². The summed E-state index contributed by atoms with van der Waals surface area (Å²) in [5.41, 5.74) is 0.551. The summed E-state index contributed by atoms with van der Waals surface area (Å²) in [6.45, 7) is 0. The first-order chi connectivity index (χ1) is 10.3. The summed E-state index contributed by atoms with van der Waals surface area (Å²) in [6, 6.07) is 6.95. The van der Waals surface area contributed by atoms with Crippen LogP contribution >= 0.6 is 0 Å². The number of para-hydroxylation sites is 1. The molecule has 21 heavy (non-hydrogen) atoms. The molecular weight excluding hydrogens is 268 g/mol. The third kappa shape index (κ3) is 2.93. The molecule has 0 radical (unpaired) electrons. The van der Waals surface area contributed by atoms with E-state index in [9.17, 15) is 5.11 Å². The summed E-state index contributed by atoms with van der Waals surface area (Å²) in [5, 5.41) is 13.9. The minimum atomic E-state index is -0.131. The summed E-state index contributed by atoms with van der Waals surface area (Å²) in [4.78, 5) is 4.42. The Bertz CT molecular complexity index is 591. The van der Waals surface area contributed by atoms with Crippen molar-refractivity contribution in [3.63, 3.8) is 0 Å². The van der Waals surface area contributed by atoms with Gasteiger partial charge < -0.3 is 14.4 Å². The smallest absolute Gasteiger partial charge is 0.261 e. The third-order valence-electron chi connectivity index (χ3n) is 4.16. The molecule has 112 valence electrons. The Labute approximate surface area is 123 Å². The van der Waals surface area contributed by atoms with Crippen LogP contribution in [0.15, 0.2) is 28.8 Å². The molecule has 2 aromatic rings. The molecule has 1 aromatic carbocycles. The average Bonchev–Trinajstić information content (AvgIpc) is 2.99. The Kier molecular flexibility index (Phi) is 4.20. The van der Waals surface area contributed by atoms with E-state index in [-0.39, 0.29) is 11.9 Å². The van der Waals surface area contributed by atoms with Gasteiger partial charge in [-0.15, -0.1) is 0 Å². The molecule has 3 rings (SSSR count). The average molecular weight is 288 g/mol. The molecule has 1 atom stereocenters. The molecule has 5 heteroatoms. The summed E-state index contributed by atoms with van der Waals surface area (Å²) < 4.78 is 10.9. The predicted molar refractivity (Wildman–Crippen MR) is 77.7 cm³/mol. The lowest BCUT2D eigenvalue weighted by molar-refractivity contribution is 0.0274. The number of hydrogen-bond acceptors (Lipinski definition) is 5. The topological polar surface area (TPSA) is 68.4 Å². The van der Waals surface area contributed by atoms with Crippen LogP contribution in [0.1, 0.15) is 44.0 Å². The van der Waals surface area contributed by atoms with Crippen molar-refractivity contribution in [1.82, 2.24) is 10.1 Å². The quantitative estimate of drug-likeness (QED) is 0.928. The highest BCUT2D eigenvalue weighted by Gasteiger charge is 2.29. The number of nitrogens with zero attached hydrogens (tertiary/aromatic N) is 2. The summed E-state index contributed by atoms with van der Waals surface area (Å²) in [6.07, 6.45) is 5.90. The van der Waals surface area contributed by atoms with Gasteiger partial charge >= 0.3 is 0 Å². The van der Waals surface area contributed by atoms with Crippen molar-refractivity contribution in [1.29, 1.82) is 0 Å². The van der Waals surface area contributed by atoms with Gasteiger partial charge in [0.05, 0.1) is 5.56 Å². The molecule has 1 aliphatic rings. The van der Waals surface area contributed by atoms with Crippen LogP contribution in [-0.2, 0) is 4.74 Å². The monoisotopic (exact) mass is 288 g/mol. The van der Waals surface area contributed by atoms with Gasteiger partial charge in [-0.05, 0) is 30.9 Å². The Morgan fingerprint density at radius 2 is 2.00 bits per heavy atom. The van der Waals surface area contributed by atoms with Gasteiger partial charge in [-0.1, -0.05) is 36.6 Å². The van der Waals surface area contributed by atoms with Crippen molar-refractivity contribution in [2.24, 2.45) is 5.92 Å². The van der Waals surface area contributed by atoms with Crippen LogP contribution in [0.3, 0.4) is 0 Å². The fraction of sp³-hybridized carbons (Fsp3) is 0.500. The minimum Gasteiger partial charge on any atom is -0.507 e. The molecule has 0 bridgehead atoms. The van der Waals surface area contributed by atoms with Crippen molar-refractivity contribution >= 4 is 0 Å². The van der Waals surface area contributed by atoms with Crippen LogP contribution < -0.4 is 0 Å². The molecule has 1 fully saturated rings. The highest BCUT2D eigenvalue weighted by molar-refractivity contribution is 5.61. The van der Waals surface area contributed by atoms with Crippen LogP contribution in [0.4, 0.5) is 0 Å². The molecule has 5 nitrogen and oxygen atoms in total. The molecule has 0 aliphatic heterocycles. The second-order valence-corrected chi connectivity index (χ2v) is 5.53. The maximum absolute atomic E-state index is 9.86. The van der Waals surface area contributed by atoms with E-state index in [1.807, 2.05) is 6.07 Å². The van der Waals surface area contributed by atoms with Crippen molar-refractivity contribution in [3.8, 4) is 17.2 Å². The maximum Gasteiger partial charge on any atom is 0.261 e. The molecule has 1 saturated carbocycles. The van der Waals surface area contributed by atoms with E-state index in [2.05, 4.69) is 10.1 Å². The fourth-order valence-electron chi connectivity index (χ4n) is 3.06. The SMILES string of the molecule is COC(c1noc(-c2ccccc2O)n1)C1CCCCC1. The number of rotatable bonds is 4. The van der Waals surface area contributed by atoms with E-state index in [0.717, 1.165) is 12.8 Å². The Morgan fingerprint density at radius 3 is 2.71 bits per heavy atom. The van der Waals surface area contributed by atoms with Gasteiger partial charge in [-0.25, -0.2) is 0 Å². The molecule has 0 saturated heterocycles. The Hall–Kier alpha value is -1.88. The van der Waals surface area contributed by atoms with Crippen LogP contribution in [0.2, 0.25) is 0 Å². The number of aromatic hydroxyl groups is 1. The summed E-state index contributed by atoms with van der Waals surface area (Å²) in [7, 11) is 1.69. The van der Waals surface area contributed by atoms with Crippen LogP contribution in [0.5, 0.6) is 5.75 Å². The van der Waals surface area contributed by atoms with E-state index in [0.29, 0.717) is 23.2 Å². The first-order valence-corrected chi connectivity index (χ1v) is 7.44. The van der Waals surface area contributed by atoms with Crippen molar-refractivity contribution in [2.45, 2.75) is 38.2 Å². The second-order valence-electron chi connectivity index (χ2n) is 5.53. The number of ether oxygens (including phenoxy) is 1. The standard InChI is InChI=1S/C16H20N2O3/c1-20-14(11-7-3-2-4-8-11)15-17-16(21-18-15)12-9-5-6-10-13(12)19/h5-6,9-11,14,19H,2-4,7-8H2,1H3. The number of phenolic OH excluding ortho intramolecular Hbond substituents is 1. The Balaban J connectivity index is 1.84. The van der Waals surface area contributed by atoms with E-state index < -0.39 is 0 Å². The van der Waals surface area contributed by atoms with Gasteiger partial charge in [0.25, 0.3) is 5.89 Å². The normalized spacial score (nSPS) is 17.8. The highest BCUT2D eigenvalue weighted by Crippen LogP contribution is 2.36. The largest absolute Gasteiger partial charge is 0.507 e. The van der Waals surface area contributed by atoms with Gasteiger partial charge in [0.15, 0.2) is 0 Å². The van der Waals surface area contributed by atoms with Gasteiger partial charge in [0.2, 0.25) is 5.82 Å². The van der Waals surface area contributed by atoms with Crippen molar-refractivity contribution in [2.75, 3.05) is 7.11 Å². The number of methoxy groups -OCH3 is 1. The molecule has 0 spiro atoms. The van der Waals surface area contributed by atoms with Crippen molar-refractivity contribution < 1.29 is 14.4 Å². The van der Waals surface area contributed by atoms with E-state index >= 15 is 0 Å². The lowest BCUT2D eigenvalue weighted by atomic mass is 9.85. The van der Waals surface area contributed by atoms with E-state index in [4.69, 9.17) is 9.26 Å². The van der Waals surface area contributed by atoms with Gasteiger partial charge in [0.1, 0.15) is 11.9 Å². The van der Waals surface area contributed by atoms with Gasteiger partial charge in [-0.3, -0.25) is 0 Å². The number of phenols is 1. The van der Waals surface area contributed by atoms with Crippen LogP contribution in [-0.4, -0.2) is 22.4 Å². The van der Waals surface area contributed by atoms with Crippen LogP contribution in [0.25, 0.3) is 11.5 Å². The third-order valence-corrected chi connectivity index (χ3v) is 4.16. The molecule has 1 aliphatic carbocycles. The lowest BCUT2D eigenvalue weighted by Crippen LogP contribution is -2.19. The zero-order valence-electron chi connectivity index (χ0n) is 12.2. The summed E-state index contributed by atoms with van der Waals surface area (Å²) >= 11 is 0. The summed E-state index contributed by atoms with van der Waals surface area (Å²) in [5.74, 6) is 1.49. The van der Waals surface area contributed by atoms with E-state index in [1.54, 1.807) is 25.3 Å². The van der Waals surface area contributed by atoms with E-state index in [1.165, 1.54) is 19.3 Å². The first-order valence-electron chi connectivity index (χ1n) is 7.44. The minimum absolute atomic E-state index is 0.131. The number of hydrogen-bond donors (Lipinski definition) is 1. The first kappa shape index (κ1) is 14.1. The Morgan fingerprint density at radius 1 is 1.24 bits per heavy atom. The van der Waals surface area contributed by atoms with Gasteiger partial charge in [-0.2, -0.15) is 4.98 Å². The second kappa shape index (κ2) is 6.26.